The average molecular weight is 385 g/mol. The van der Waals surface area contributed by atoms with Crippen molar-refractivity contribution in [1.29, 1.82) is 0 Å². The van der Waals surface area contributed by atoms with Crippen LogP contribution in [0.25, 0.3) is 0 Å². The predicted molar refractivity (Wildman–Crippen MR) is 106 cm³/mol. The summed E-state index contributed by atoms with van der Waals surface area (Å²) in [6, 6.07) is 0. The Morgan fingerprint density at radius 1 is 1.07 bits per heavy atom. The first-order valence-corrected chi connectivity index (χ1v) is 10.7. The molecule has 4 aliphatic carbocycles. The van der Waals surface area contributed by atoms with E-state index in [4.69, 9.17) is 4.74 Å². The van der Waals surface area contributed by atoms with E-state index in [2.05, 4.69) is 26.8 Å². The Hall–Kier alpha value is -1.71. The molecule has 0 aromatic rings. The molecule has 2 saturated carbocycles. The highest BCUT2D eigenvalue weighted by Gasteiger charge is 2.67. The van der Waals surface area contributed by atoms with E-state index in [1.807, 2.05) is 6.08 Å². The Labute approximate surface area is 167 Å². The van der Waals surface area contributed by atoms with E-state index in [9.17, 15) is 14.4 Å². The first kappa shape index (κ1) is 19.6. The first-order valence-electron chi connectivity index (χ1n) is 10.7. The summed E-state index contributed by atoms with van der Waals surface area (Å²) in [5.41, 5.74) is 1.15. The molecular weight excluding hydrogens is 352 g/mol. The largest absolute Gasteiger partial charge is 0.451 e. The number of esters is 1. The fourth-order valence-electron chi connectivity index (χ4n) is 7.48. The number of hydrogen-bond donors (Lipinski definition) is 0. The van der Waals surface area contributed by atoms with Crippen molar-refractivity contribution in [2.24, 2.45) is 28.6 Å². The van der Waals surface area contributed by atoms with Crippen molar-refractivity contribution in [3.63, 3.8) is 0 Å². The van der Waals surface area contributed by atoms with E-state index < -0.39 is 5.60 Å². The number of ether oxygens (including phenoxy) is 1. The zero-order chi connectivity index (χ0) is 20.5. The summed E-state index contributed by atoms with van der Waals surface area (Å²) in [5, 5.41) is 0. The smallest absolute Gasteiger partial charge is 0.303 e. The number of Topliss-reactive ketones (excluding diaryl/α,β-unsaturated/α-hetero) is 1. The van der Waals surface area contributed by atoms with Gasteiger partial charge in [0.15, 0.2) is 17.2 Å². The van der Waals surface area contributed by atoms with Crippen LogP contribution in [0.2, 0.25) is 0 Å². The van der Waals surface area contributed by atoms with Crippen molar-refractivity contribution in [3.05, 3.63) is 23.3 Å². The average Bonchev–Trinajstić information content (AvgIpc) is 2.90. The molecule has 152 valence electrons. The molecule has 0 spiro atoms. The molecule has 0 unspecified atom stereocenters. The second-order valence-corrected chi connectivity index (χ2v) is 10.1. The molecule has 0 radical (unpaired) electrons. The van der Waals surface area contributed by atoms with Crippen LogP contribution in [0.5, 0.6) is 0 Å². The number of carbonyl (C=O) groups is 3. The molecule has 4 aliphatic rings. The Morgan fingerprint density at radius 3 is 2.39 bits per heavy atom. The monoisotopic (exact) mass is 384 g/mol. The third kappa shape index (κ3) is 2.39. The van der Waals surface area contributed by atoms with Gasteiger partial charge in [0.25, 0.3) is 0 Å². The lowest BCUT2D eigenvalue weighted by atomic mass is 9.47. The predicted octanol–water partition coefficient (Wildman–Crippen LogP) is 4.58. The molecule has 0 heterocycles. The highest BCUT2D eigenvalue weighted by atomic mass is 16.6. The molecule has 0 amide bonds. The van der Waals surface area contributed by atoms with Crippen molar-refractivity contribution in [1.82, 2.24) is 0 Å². The molecule has 0 saturated heterocycles. The molecule has 28 heavy (non-hydrogen) atoms. The van der Waals surface area contributed by atoms with Crippen LogP contribution < -0.4 is 0 Å². The van der Waals surface area contributed by atoms with Crippen LogP contribution in [-0.4, -0.2) is 23.1 Å². The van der Waals surface area contributed by atoms with Crippen molar-refractivity contribution in [2.45, 2.75) is 78.7 Å². The fourth-order valence-corrected chi connectivity index (χ4v) is 7.48. The highest BCUT2D eigenvalue weighted by Crippen LogP contribution is 2.67. The quantitative estimate of drug-likeness (QED) is 0.654. The molecule has 4 nitrogen and oxygen atoms in total. The zero-order valence-corrected chi connectivity index (χ0v) is 17.8. The van der Waals surface area contributed by atoms with Gasteiger partial charge in [-0.15, -0.1) is 0 Å². The van der Waals surface area contributed by atoms with Crippen LogP contribution in [0.15, 0.2) is 23.3 Å². The minimum absolute atomic E-state index is 0.0160. The molecule has 0 aliphatic heterocycles. The second-order valence-electron chi connectivity index (χ2n) is 10.1. The van der Waals surface area contributed by atoms with Gasteiger partial charge in [0.1, 0.15) is 0 Å². The molecular formula is C24H32O4. The number of rotatable bonds is 2. The van der Waals surface area contributed by atoms with Gasteiger partial charge in [-0.25, -0.2) is 0 Å². The third-order valence-corrected chi connectivity index (χ3v) is 8.84. The maximum atomic E-state index is 12.8. The lowest BCUT2D eigenvalue weighted by molar-refractivity contribution is -0.185. The molecule has 0 bridgehead atoms. The minimum Gasteiger partial charge on any atom is -0.451 e. The van der Waals surface area contributed by atoms with Crippen molar-refractivity contribution in [2.75, 3.05) is 0 Å². The fraction of sp³-hybridized carbons (Fsp3) is 0.708. The van der Waals surface area contributed by atoms with Gasteiger partial charge in [0, 0.05) is 18.8 Å². The van der Waals surface area contributed by atoms with Gasteiger partial charge in [-0.05, 0) is 80.8 Å². The van der Waals surface area contributed by atoms with E-state index in [1.54, 1.807) is 6.92 Å². The van der Waals surface area contributed by atoms with Crippen LogP contribution >= 0.6 is 0 Å². The van der Waals surface area contributed by atoms with Gasteiger partial charge in [-0.3, -0.25) is 14.4 Å². The van der Waals surface area contributed by atoms with Crippen molar-refractivity contribution >= 4 is 17.5 Å². The van der Waals surface area contributed by atoms with E-state index in [0.29, 0.717) is 30.6 Å². The summed E-state index contributed by atoms with van der Waals surface area (Å²) in [4.78, 5) is 36.8. The molecule has 6 atom stereocenters. The third-order valence-electron chi connectivity index (χ3n) is 8.84. The van der Waals surface area contributed by atoms with Crippen LogP contribution in [-0.2, 0) is 19.1 Å². The normalized spacial score (nSPS) is 44.6. The number of allylic oxidation sites excluding steroid dienone is 4. The molecule has 4 heteroatoms. The Morgan fingerprint density at radius 2 is 1.75 bits per heavy atom. The number of carbonyl (C=O) groups excluding carboxylic acids is 3. The van der Waals surface area contributed by atoms with Crippen LogP contribution in [0, 0.1) is 28.6 Å². The summed E-state index contributed by atoms with van der Waals surface area (Å²) in [7, 11) is 0. The standard InChI is InChI=1S/C24H32O4/c1-14-12-18-19(22(4)9-6-17(27)13-21(14)22)7-10-23(5)20(18)8-11-24(23,15(2)25)28-16(3)26/h12-13,18-20H,6-11H2,1-5H3/t18-,19-,20+,22-,23-,24-/m1/s1. The Kier molecular flexibility index (Phi) is 4.30. The summed E-state index contributed by atoms with van der Waals surface area (Å²) in [6.07, 6.45) is 9.20. The van der Waals surface area contributed by atoms with Gasteiger partial charge in [-0.1, -0.05) is 25.5 Å². The topological polar surface area (TPSA) is 60.4 Å². The van der Waals surface area contributed by atoms with Gasteiger partial charge >= 0.3 is 5.97 Å². The number of hydrogen-bond acceptors (Lipinski definition) is 4. The van der Waals surface area contributed by atoms with Crippen molar-refractivity contribution in [3.8, 4) is 0 Å². The van der Waals surface area contributed by atoms with Gasteiger partial charge in [0.05, 0.1) is 0 Å². The Balaban J connectivity index is 1.79. The SMILES string of the molecule is CC(=O)O[C@@]1(C(C)=O)CC[C@H]2[C@@H]3C=C(C)C4=CC(=O)CC[C@]4(C)[C@@H]3CC[C@]21C. The van der Waals surface area contributed by atoms with E-state index in [0.717, 1.165) is 25.7 Å². The van der Waals surface area contributed by atoms with E-state index >= 15 is 0 Å². The highest BCUT2D eigenvalue weighted by molar-refractivity contribution is 5.92. The number of ketones is 2. The maximum Gasteiger partial charge on any atom is 0.303 e. The van der Waals surface area contributed by atoms with Crippen molar-refractivity contribution < 1.29 is 19.1 Å². The lowest BCUT2D eigenvalue weighted by Crippen LogP contribution is -2.58. The molecule has 2 fully saturated rings. The van der Waals surface area contributed by atoms with E-state index in [1.165, 1.54) is 18.1 Å². The second kappa shape index (κ2) is 6.14. The molecule has 0 aromatic carbocycles. The van der Waals surface area contributed by atoms with Gasteiger partial charge < -0.3 is 4.74 Å². The van der Waals surface area contributed by atoms with Crippen LogP contribution in [0.1, 0.15) is 73.1 Å². The first-order chi connectivity index (χ1) is 13.0. The number of fused-ring (bicyclic) bond motifs is 5. The summed E-state index contributed by atoms with van der Waals surface area (Å²) >= 11 is 0. The zero-order valence-electron chi connectivity index (χ0n) is 17.8. The summed E-state index contributed by atoms with van der Waals surface area (Å²) in [5.74, 6) is 1.03. The van der Waals surface area contributed by atoms with Gasteiger partial charge in [0.2, 0.25) is 0 Å². The molecule has 0 aromatic heterocycles. The summed E-state index contributed by atoms with van der Waals surface area (Å²) in [6.45, 7) is 9.63. The molecule has 4 rings (SSSR count). The van der Waals surface area contributed by atoms with Gasteiger partial charge in [-0.2, -0.15) is 0 Å². The van der Waals surface area contributed by atoms with Crippen LogP contribution in [0.3, 0.4) is 0 Å². The van der Waals surface area contributed by atoms with E-state index in [-0.39, 0.29) is 28.4 Å². The Bertz CT molecular complexity index is 820. The maximum absolute atomic E-state index is 12.8. The minimum atomic E-state index is -0.990. The van der Waals surface area contributed by atoms with Crippen LogP contribution in [0.4, 0.5) is 0 Å². The molecule has 0 N–H and O–H groups in total. The summed E-state index contributed by atoms with van der Waals surface area (Å²) < 4.78 is 5.82. The lowest BCUT2D eigenvalue weighted by Gasteiger charge is -2.58.